The zero-order chi connectivity index (χ0) is 28.3. The molecule has 9 heteroatoms. The zero-order valence-electron chi connectivity index (χ0n) is 23.1. The molecule has 0 saturated carbocycles. The molecule has 0 amide bonds. The molecule has 0 aromatic heterocycles. The van der Waals surface area contributed by atoms with E-state index in [2.05, 4.69) is 15.9 Å². The van der Waals surface area contributed by atoms with Gasteiger partial charge in [-0.05, 0) is 61.1 Å². The van der Waals surface area contributed by atoms with Crippen LogP contribution < -0.4 is 18.9 Å². The van der Waals surface area contributed by atoms with Crippen LogP contribution in [0.1, 0.15) is 56.1 Å². The van der Waals surface area contributed by atoms with Gasteiger partial charge >= 0.3 is 5.97 Å². The Morgan fingerprint density at radius 3 is 2.23 bits per heavy atom. The number of hydrogen-bond acceptors (Lipinski definition) is 8. The maximum Gasteiger partial charge on any atom is 0.315 e. The van der Waals surface area contributed by atoms with Gasteiger partial charge in [0, 0.05) is 33.8 Å². The molecule has 4 rings (SSSR count). The molecule has 0 fully saturated rings. The highest BCUT2D eigenvalue weighted by molar-refractivity contribution is 9.10. The van der Waals surface area contributed by atoms with Crippen LogP contribution in [-0.4, -0.2) is 52.5 Å². The van der Waals surface area contributed by atoms with Crippen molar-refractivity contribution in [1.82, 2.24) is 0 Å². The van der Waals surface area contributed by atoms with Crippen LogP contribution in [0.5, 0.6) is 23.0 Å². The molecule has 0 saturated heterocycles. The number of carbonyl (C=O) groups is 2. The first-order valence-corrected chi connectivity index (χ1v) is 13.7. The van der Waals surface area contributed by atoms with E-state index >= 15 is 0 Å². The third kappa shape index (κ3) is 5.55. The number of ketones is 1. The van der Waals surface area contributed by atoms with Crippen molar-refractivity contribution in [3.8, 4) is 23.0 Å². The molecule has 2 aliphatic rings. The van der Waals surface area contributed by atoms with Crippen LogP contribution in [0.3, 0.4) is 0 Å². The Bertz CT molecular complexity index is 1330. The summed E-state index contributed by atoms with van der Waals surface area (Å²) < 4.78 is 28.2. The fraction of sp³-hybridized carbons (Fsp3) is 0.433. The summed E-state index contributed by atoms with van der Waals surface area (Å²) in [6.07, 6.45) is 1.52. The summed E-state index contributed by atoms with van der Waals surface area (Å²) in [6.45, 7) is 4.06. The minimum absolute atomic E-state index is 0.0488. The highest BCUT2D eigenvalue weighted by Crippen LogP contribution is 2.50. The molecule has 1 heterocycles. The maximum absolute atomic E-state index is 13.9. The predicted octanol–water partition coefficient (Wildman–Crippen LogP) is 6.01. The molecule has 2 aromatic carbocycles. The second kappa shape index (κ2) is 12.2. The maximum atomic E-state index is 13.9. The van der Waals surface area contributed by atoms with Gasteiger partial charge in [0.25, 0.3) is 0 Å². The second-order valence-electron chi connectivity index (χ2n) is 9.61. The van der Waals surface area contributed by atoms with Crippen molar-refractivity contribution in [3.63, 3.8) is 0 Å². The molecular formula is C30H34BrNO7. The first kappa shape index (κ1) is 28.7. The minimum atomic E-state index is -0.744. The molecule has 1 aliphatic carbocycles. The Labute approximate surface area is 237 Å². The van der Waals surface area contributed by atoms with Crippen LogP contribution in [0.25, 0.3) is 0 Å². The van der Waals surface area contributed by atoms with Crippen LogP contribution in [0.15, 0.2) is 51.1 Å². The van der Waals surface area contributed by atoms with Gasteiger partial charge in [0.1, 0.15) is 5.92 Å². The Hall–Kier alpha value is -3.33. The summed E-state index contributed by atoms with van der Waals surface area (Å²) in [7, 11) is 6.30. The Morgan fingerprint density at radius 1 is 0.949 bits per heavy atom. The number of benzene rings is 2. The van der Waals surface area contributed by atoms with Crippen LogP contribution in [0.4, 0.5) is 0 Å². The van der Waals surface area contributed by atoms with E-state index in [1.54, 1.807) is 34.5 Å². The summed E-state index contributed by atoms with van der Waals surface area (Å²) >= 11 is 3.66. The van der Waals surface area contributed by atoms with E-state index in [9.17, 15) is 9.59 Å². The molecule has 0 radical (unpaired) electrons. The quantitative estimate of drug-likeness (QED) is 0.326. The van der Waals surface area contributed by atoms with E-state index in [1.807, 2.05) is 38.1 Å². The first-order chi connectivity index (χ1) is 18.8. The molecule has 0 bridgehead atoms. The highest BCUT2D eigenvalue weighted by Gasteiger charge is 2.45. The van der Waals surface area contributed by atoms with Crippen molar-refractivity contribution >= 4 is 33.4 Å². The van der Waals surface area contributed by atoms with Crippen LogP contribution >= 0.6 is 15.9 Å². The van der Waals surface area contributed by atoms with Crippen molar-refractivity contribution in [2.24, 2.45) is 10.9 Å². The van der Waals surface area contributed by atoms with E-state index < -0.39 is 17.8 Å². The van der Waals surface area contributed by atoms with E-state index in [-0.39, 0.29) is 18.1 Å². The topological polar surface area (TPSA) is 92.7 Å². The standard InChI is InChI=1S/C30H34BrNO7/c1-7-10-39-30(34)27-16(2)32-21-11-18(17-8-9-23(35-3)24(13-17)36-4)12-22(33)29(21)28(27)19-14-25(37-5)26(38-6)15-20(19)31/h8-9,13-15,18,27-28H,7,10-12H2,1-6H3/t18-,27?,28-/m1/s1. The molecule has 1 aliphatic heterocycles. The lowest BCUT2D eigenvalue weighted by molar-refractivity contribution is -0.146. The van der Waals surface area contributed by atoms with Crippen LogP contribution in [0, 0.1) is 5.92 Å². The summed E-state index contributed by atoms with van der Waals surface area (Å²) in [5.74, 6) is 0.408. The molecule has 208 valence electrons. The van der Waals surface area contributed by atoms with Gasteiger partial charge < -0.3 is 23.7 Å². The number of esters is 1. The van der Waals surface area contributed by atoms with Crippen LogP contribution in [0.2, 0.25) is 0 Å². The van der Waals surface area contributed by atoms with Gasteiger partial charge in [-0.1, -0.05) is 28.9 Å². The molecule has 1 unspecified atom stereocenters. The number of ether oxygens (including phenoxy) is 5. The van der Waals surface area contributed by atoms with Crippen molar-refractivity contribution in [2.45, 2.75) is 44.9 Å². The molecule has 39 heavy (non-hydrogen) atoms. The van der Waals surface area contributed by atoms with Gasteiger partial charge in [0.2, 0.25) is 0 Å². The van der Waals surface area contributed by atoms with Gasteiger partial charge in [-0.3, -0.25) is 14.6 Å². The highest BCUT2D eigenvalue weighted by atomic mass is 79.9. The fourth-order valence-electron chi connectivity index (χ4n) is 5.44. The summed E-state index contributed by atoms with van der Waals surface area (Å²) in [5.41, 5.74) is 3.56. The second-order valence-corrected chi connectivity index (χ2v) is 10.5. The lowest BCUT2D eigenvalue weighted by atomic mass is 9.69. The summed E-state index contributed by atoms with van der Waals surface area (Å²) in [4.78, 5) is 32.2. The lowest BCUT2D eigenvalue weighted by Gasteiger charge is -2.37. The summed E-state index contributed by atoms with van der Waals surface area (Å²) in [6, 6.07) is 9.34. The number of allylic oxidation sites excluding steroid dienone is 2. The molecule has 8 nitrogen and oxygen atoms in total. The van der Waals surface area contributed by atoms with Crippen molar-refractivity contribution < 1.29 is 33.3 Å². The predicted molar refractivity (Wildman–Crippen MR) is 151 cm³/mol. The lowest BCUT2D eigenvalue weighted by Crippen LogP contribution is -2.38. The number of halogens is 1. The smallest absolute Gasteiger partial charge is 0.315 e. The molecule has 3 atom stereocenters. The zero-order valence-corrected chi connectivity index (χ0v) is 24.7. The summed E-state index contributed by atoms with van der Waals surface area (Å²) in [5, 5.41) is 0. The van der Waals surface area contributed by atoms with E-state index in [0.717, 1.165) is 11.1 Å². The van der Waals surface area contributed by atoms with Crippen LogP contribution in [-0.2, 0) is 14.3 Å². The fourth-order valence-corrected chi connectivity index (χ4v) is 6.01. The van der Waals surface area contributed by atoms with Gasteiger partial charge in [-0.15, -0.1) is 0 Å². The number of aliphatic imine (C=N–C) groups is 1. The molecular weight excluding hydrogens is 566 g/mol. The largest absolute Gasteiger partial charge is 0.493 e. The molecule has 2 aromatic rings. The number of rotatable bonds is 9. The third-order valence-corrected chi connectivity index (χ3v) is 7.99. The molecule has 0 spiro atoms. The van der Waals surface area contributed by atoms with Gasteiger partial charge in [0.05, 0.1) is 35.0 Å². The normalized spacial score (nSPS) is 20.6. The van der Waals surface area contributed by atoms with E-state index in [4.69, 9.17) is 28.7 Å². The Morgan fingerprint density at radius 2 is 1.59 bits per heavy atom. The number of methoxy groups -OCH3 is 4. The van der Waals surface area contributed by atoms with Crippen molar-refractivity contribution in [1.29, 1.82) is 0 Å². The van der Waals surface area contributed by atoms with Gasteiger partial charge in [-0.2, -0.15) is 0 Å². The third-order valence-electron chi connectivity index (χ3n) is 7.31. The van der Waals surface area contributed by atoms with E-state index in [1.165, 1.54) is 0 Å². The first-order valence-electron chi connectivity index (χ1n) is 12.9. The van der Waals surface area contributed by atoms with Crippen molar-refractivity contribution in [2.75, 3.05) is 35.0 Å². The average Bonchev–Trinajstić information content (AvgIpc) is 2.94. The molecule has 0 N–H and O–H groups in total. The number of Topliss-reactive ketones (excluding diaryl/α,β-unsaturated/α-hetero) is 1. The van der Waals surface area contributed by atoms with Gasteiger partial charge in [-0.25, -0.2) is 0 Å². The Kier molecular flexibility index (Phi) is 9.00. The van der Waals surface area contributed by atoms with Crippen molar-refractivity contribution in [3.05, 3.63) is 57.2 Å². The number of nitrogens with zero attached hydrogens (tertiary/aromatic N) is 1. The average molecular weight is 601 g/mol. The van der Waals surface area contributed by atoms with E-state index in [0.29, 0.717) is 63.9 Å². The SMILES string of the molecule is CCCOC(=O)C1C(C)=NC2=C(C(=O)C[C@H](c3ccc(OC)c(OC)c3)C2)[C@@H]1c1cc(OC)c(OC)cc1Br. The Balaban J connectivity index is 1.83. The monoisotopic (exact) mass is 599 g/mol. The number of hydrogen-bond donors (Lipinski definition) is 0. The van der Waals surface area contributed by atoms with Gasteiger partial charge in [0.15, 0.2) is 28.8 Å². The number of carbonyl (C=O) groups excluding carboxylic acids is 2. The minimum Gasteiger partial charge on any atom is -0.493 e.